The summed E-state index contributed by atoms with van der Waals surface area (Å²) in [7, 11) is 0. The van der Waals surface area contributed by atoms with E-state index in [1.54, 1.807) is 18.3 Å². The molecule has 0 saturated carbocycles. The summed E-state index contributed by atoms with van der Waals surface area (Å²) in [6.45, 7) is 2.25. The number of aromatic amines is 1. The molecule has 3 aromatic rings. The van der Waals surface area contributed by atoms with Crippen LogP contribution in [0.15, 0.2) is 54.7 Å². The lowest BCUT2D eigenvalue weighted by Crippen LogP contribution is -2.27. The molecule has 0 radical (unpaired) electrons. The van der Waals surface area contributed by atoms with Crippen molar-refractivity contribution in [1.29, 1.82) is 0 Å². The number of H-pyrrole nitrogens is 1. The summed E-state index contributed by atoms with van der Waals surface area (Å²) in [6, 6.07) is 14.8. The Hall–Kier alpha value is -3.41. The summed E-state index contributed by atoms with van der Waals surface area (Å²) in [5.74, 6) is 0.00952. The zero-order valence-corrected chi connectivity index (χ0v) is 14.5. The molecule has 6 nitrogen and oxygen atoms in total. The largest absolute Gasteiger partial charge is 0.366 e. The van der Waals surface area contributed by atoms with E-state index in [2.05, 4.69) is 15.3 Å². The first kappa shape index (κ1) is 17.4. The molecule has 0 bridgehead atoms. The molecular formula is C20H20N4O2. The van der Waals surface area contributed by atoms with Gasteiger partial charge < -0.3 is 16.0 Å². The van der Waals surface area contributed by atoms with Crippen LogP contribution in [-0.2, 0) is 6.42 Å². The molecule has 0 spiro atoms. The van der Waals surface area contributed by atoms with Gasteiger partial charge in [-0.2, -0.15) is 0 Å². The number of amides is 2. The second-order valence-corrected chi connectivity index (χ2v) is 6.01. The highest BCUT2D eigenvalue weighted by Crippen LogP contribution is 2.16. The molecular weight excluding hydrogens is 328 g/mol. The molecule has 0 atom stereocenters. The van der Waals surface area contributed by atoms with Crippen molar-refractivity contribution in [3.63, 3.8) is 0 Å². The van der Waals surface area contributed by atoms with Gasteiger partial charge in [-0.05, 0) is 30.2 Å². The highest BCUT2D eigenvalue weighted by atomic mass is 16.2. The van der Waals surface area contributed by atoms with Crippen LogP contribution in [0.25, 0.3) is 11.3 Å². The van der Waals surface area contributed by atoms with Crippen LogP contribution in [0.2, 0.25) is 0 Å². The minimum atomic E-state index is -0.553. The number of carbonyl (C=O) groups is 2. The smallest absolute Gasteiger partial charge is 0.251 e. The van der Waals surface area contributed by atoms with Crippen LogP contribution in [0.5, 0.6) is 0 Å². The highest BCUT2D eigenvalue weighted by molar-refractivity contribution is 6.00. The third-order valence-corrected chi connectivity index (χ3v) is 4.13. The Kier molecular flexibility index (Phi) is 5.12. The fraction of sp³-hybridized carbons (Fsp3) is 0.150. The second-order valence-electron chi connectivity index (χ2n) is 6.01. The summed E-state index contributed by atoms with van der Waals surface area (Å²) in [5, 5.41) is 2.85. The minimum absolute atomic E-state index is 0.236. The van der Waals surface area contributed by atoms with Crippen molar-refractivity contribution >= 4 is 11.8 Å². The van der Waals surface area contributed by atoms with Crippen LogP contribution in [0.1, 0.15) is 32.1 Å². The number of aryl methyl sites for hydroxylation is 1. The van der Waals surface area contributed by atoms with Gasteiger partial charge in [0.25, 0.3) is 5.91 Å². The molecule has 4 N–H and O–H groups in total. The summed E-state index contributed by atoms with van der Waals surface area (Å²) in [4.78, 5) is 31.3. The number of benzene rings is 2. The van der Waals surface area contributed by atoms with Gasteiger partial charge in [0.1, 0.15) is 5.82 Å². The quantitative estimate of drug-likeness (QED) is 0.638. The lowest BCUT2D eigenvalue weighted by atomic mass is 10.0. The SMILES string of the molecule is Cc1ccc(C(N)=O)cc1C(=O)NCCc1ncc(-c2ccccc2)[nH]1. The van der Waals surface area contributed by atoms with Crippen LogP contribution in [0, 0.1) is 6.92 Å². The molecule has 26 heavy (non-hydrogen) atoms. The molecule has 2 aromatic carbocycles. The van der Waals surface area contributed by atoms with Gasteiger partial charge in [-0.25, -0.2) is 4.98 Å². The Labute approximate surface area is 151 Å². The average molecular weight is 348 g/mol. The van der Waals surface area contributed by atoms with Crippen molar-refractivity contribution in [3.8, 4) is 11.3 Å². The van der Waals surface area contributed by atoms with E-state index < -0.39 is 5.91 Å². The first-order valence-corrected chi connectivity index (χ1v) is 8.32. The zero-order valence-electron chi connectivity index (χ0n) is 14.5. The normalized spacial score (nSPS) is 10.5. The number of imidazole rings is 1. The third kappa shape index (κ3) is 3.97. The predicted octanol–water partition coefficient (Wildman–Crippen LogP) is 2.46. The predicted molar refractivity (Wildman–Crippen MR) is 99.8 cm³/mol. The molecule has 0 fully saturated rings. The minimum Gasteiger partial charge on any atom is -0.366 e. The molecule has 0 aliphatic carbocycles. The van der Waals surface area contributed by atoms with Crippen LogP contribution in [0.3, 0.4) is 0 Å². The number of rotatable bonds is 6. The molecule has 1 heterocycles. The van der Waals surface area contributed by atoms with Crippen LogP contribution in [-0.4, -0.2) is 28.3 Å². The molecule has 0 saturated heterocycles. The maximum absolute atomic E-state index is 12.4. The zero-order chi connectivity index (χ0) is 18.5. The van der Waals surface area contributed by atoms with Crippen molar-refractivity contribution < 1.29 is 9.59 Å². The van der Waals surface area contributed by atoms with Crippen LogP contribution in [0.4, 0.5) is 0 Å². The fourth-order valence-corrected chi connectivity index (χ4v) is 2.66. The average Bonchev–Trinajstić information content (AvgIpc) is 3.11. The molecule has 3 rings (SSSR count). The van der Waals surface area contributed by atoms with E-state index in [-0.39, 0.29) is 5.91 Å². The lowest BCUT2D eigenvalue weighted by molar-refractivity contribution is 0.0953. The molecule has 1 aromatic heterocycles. The number of nitrogens with one attached hydrogen (secondary N) is 2. The van der Waals surface area contributed by atoms with Gasteiger partial charge in [0.2, 0.25) is 5.91 Å². The maximum Gasteiger partial charge on any atom is 0.251 e. The first-order valence-electron chi connectivity index (χ1n) is 8.32. The standard InChI is InChI=1S/C20H20N4O2/c1-13-7-8-15(19(21)25)11-16(13)20(26)22-10-9-18-23-12-17(24-18)14-5-3-2-4-6-14/h2-8,11-12H,9-10H2,1H3,(H2,21,25)(H,22,26)(H,23,24). The van der Waals surface area contributed by atoms with E-state index in [9.17, 15) is 9.59 Å². The number of hydrogen-bond acceptors (Lipinski definition) is 3. The van der Waals surface area contributed by atoms with Crippen molar-refractivity contribution in [3.05, 3.63) is 77.2 Å². The van der Waals surface area contributed by atoms with Gasteiger partial charge in [-0.15, -0.1) is 0 Å². The fourth-order valence-electron chi connectivity index (χ4n) is 2.66. The maximum atomic E-state index is 12.4. The van der Waals surface area contributed by atoms with Crippen molar-refractivity contribution in [2.24, 2.45) is 5.73 Å². The van der Waals surface area contributed by atoms with Gasteiger partial charge in [0.05, 0.1) is 11.9 Å². The summed E-state index contributed by atoms with van der Waals surface area (Å²) in [6.07, 6.45) is 2.36. The topological polar surface area (TPSA) is 101 Å². The van der Waals surface area contributed by atoms with Gasteiger partial charge in [-0.3, -0.25) is 9.59 Å². The van der Waals surface area contributed by atoms with Crippen molar-refractivity contribution in [2.75, 3.05) is 6.54 Å². The number of primary amides is 1. The highest BCUT2D eigenvalue weighted by Gasteiger charge is 2.12. The third-order valence-electron chi connectivity index (χ3n) is 4.13. The Morgan fingerprint density at radius 1 is 1.15 bits per heavy atom. The summed E-state index contributed by atoms with van der Waals surface area (Å²) < 4.78 is 0. The van der Waals surface area contributed by atoms with Crippen molar-refractivity contribution in [2.45, 2.75) is 13.3 Å². The van der Waals surface area contributed by atoms with Crippen LogP contribution < -0.4 is 11.1 Å². The number of aromatic nitrogens is 2. The Morgan fingerprint density at radius 2 is 1.92 bits per heavy atom. The number of hydrogen-bond donors (Lipinski definition) is 3. The molecule has 0 unspecified atom stereocenters. The number of carbonyl (C=O) groups excluding carboxylic acids is 2. The summed E-state index contributed by atoms with van der Waals surface area (Å²) in [5.41, 5.74) is 8.84. The number of nitrogens with zero attached hydrogens (tertiary/aromatic N) is 1. The van der Waals surface area contributed by atoms with E-state index in [1.807, 2.05) is 37.3 Å². The molecule has 6 heteroatoms. The van der Waals surface area contributed by atoms with Gasteiger partial charge in [0.15, 0.2) is 0 Å². The molecule has 132 valence electrons. The Bertz CT molecular complexity index is 932. The van der Waals surface area contributed by atoms with E-state index in [1.165, 1.54) is 6.07 Å². The molecule has 0 aliphatic heterocycles. The second kappa shape index (κ2) is 7.65. The van der Waals surface area contributed by atoms with Gasteiger partial charge in [0, 0.05) is 24.1 Å². The van der Waals surface area contributed by atoms with E-state index >= 15 is 0 Å². The van der Waals surface area contributed by atoms with E-state index in [0.717, 1.165) is 22.6 Å². The first-order chi connectivity index (χ1) is 12.5. The van der Waals surface area contributed by atoms with Gasteiger partial charge in [-0.1, -0.05) is 36.4 Å². The van der Waals surface area contributed by atoms with Gasteiger partial charge >= 0.3 is 0 Å². The molecule has 2 amide bonds. The monoisotopic (exact) mass is 348 g/mol. The van der Waals surface area contributed by atoms with Crippen molar-refractivity contribution in [1.82, 2.24) is 15.3 Å². The Balaban J connectivity index is 1.60. The van der Waals surface area contributed by atoms with E-state index in [0.29, 0.717) is 24.1 Å². The molecule has 0 aliphatic rings. The Morgan fingerprint density at radius 3 is 2.65 bits per heavy atom. The number of nitrogens with two attached hydrogens (primary N) is 1. The lowest BCUT2D eigenvalue weighted by Gasteiger charge is -2.08. The summed E-state index contributed by atoms with van der Waals surface area (Å²) >= 11 is 0. The van der Waals surface area contributed by atoms with Crippen LogP contribution >= 0.6 is 0 Å². The van der Waals surface area contributed by atoms with E-state index in [4.69, 9.17) is 5.73 Å².